The smallest absolute Gasteiger partial charge is 0.279 e. The summed E-state index contributed by atoms with van der Waals surface area (Å²) in [5.41, 5.74) is 1.53. The second kappa shape index (κ2) is 8.95. The summed E-state index contributed by atoms with van der Waals surface area (Å²) >= 11 is 6.61. The minimum Gasteiger partial charge on any atom is -0.493 e. The van der Waals surface area contributed by atoms with E-state index >= 15 is 0 Å². The van der Waals surface area contributed by atoms with Gasteiger partial charge in [0.25, 0.3) is 5.91 Å². The van der Waals surface area contributed by atoms with Gasteiger partial charge in [0.05, 0.1) is 24.4 Å². The number of aromatic nitrogens is 1. The summed E-state index contributed by atoms with van der Waals surface area (Å²) in [6.07, 6.45) is 2.06. The fourth-order valence-electron chi connectivity index (χ4n) is 2.65. The van der Waals surface area contributed by atoms with Crippen LogP contribution < -0.4 is 14.3 Å². The summed E-state index contributed by atoms with van der Waals surface area (Å²) < 4.78 is 14.7. The number of carbonyl (C=O) groups excluding carboxylic acids is 1. The molecule has 27 heavy (non-hydrogen) atoms. The zero-order chi connectivity index (χ0) is 19.4. The number of ether oxygens (including phenoxy) is 2. The zero-order valence-electron chi connectivity index (χ0n) is 15.2. The first-order valence-electron chi connectivity index (χ1n) is 8.16. The number of benzene rings is 2. The number of thioether (sulfide) groups is 1. The first kappa shape index (κ1) is 20.0. The Morgan fingerprint density at radius 3 is 2.63 bits per heavy atom. The molecule has 0 spiro atoms. The van der Waals surface area contributed by atoms with Crippen molar-refractivity contribution in [3.05, 3.63) is 51.2 Å². The molecule has 0 N–H and O–H groups in total. The first-order chi connectivity index (χ1) is 13.1. The number of carbonyl (C=O) groups is 1. The monoisotopic (exact) mass is 466 g/mol. The lowest BCUT2D eigenvalue weighted by Gasteiger charge is -2.09. The number of amides is 1. The lowest BCUT2D eigenvalue weighted by Crippen LogP contribution is -2.18. The first-order valence-corrected chi connectivity index (χ1v) is 11.2. The molecule has 0 atom stereocenters. The van der Waals surface area contributed by atoms with Crippen molar-refractivity contribution in [2.45, 2.75) is 6.54 Å². The van der Waals surface area contributed by atoms with E-state index in [0.29, 0.717) is 21.9 Å². The largest absolute Gasteiger partial charge is 0.493 e. The molecule has 0 radical (unpaired) electrons. The van der Waals surface area contributed by atoms with Crippen molar-refractivity contribution in [1.82, 2.24) is 4.57 Å². The number of nitrogens with zero attached hydrogens (tertiary/aromatic N) is 2. The molecular weight excluding hydrogens is 448 g/mol. The molecule has 2 aromatic carbocycles. The Hall–Kier alpha value is -1.77. The highest BCUT2D eigenvalue weighted by Crippen LogP contribution is 2.33. The van der Waals surface area contributed by atoms with Gasteiger partial charge in [-0.1, -0.05) is 33.3 Å². The summed E-state index contributed by atoms with van der Waals surface area (Å²) in [4.78, 5) is 17.7. The molecule has 1 aromatic heterocycles. The predicted octanol–water partition coefficient (Wildman–Crippen LogP) is 4.59. The van der Waals surface area contributed by atoms with E-state index in [1.54, 1.807) is 38.1 Å². The van der Waals surface area contributed by atoms with Gasteiger partial charge in [0.1, 0.15) is 0 Å². The van der Waals surface area contributed by atoms with Crippen molar-refractivity contribution in [2.24, 2.45) is 4.99 Å². The lowest BCUT2D eigenvalue weighted by molar-refractivity contribution is 0.0998. The summed E-state index contributed by atoms with van der Waals surface area (Å²) in [5.74, 6) is 1.97. The van der Waals surface area contributed by atoms with Crippen LogP contribution >= 0.6 is 39.0 Å². The van der Waals surface area contributed by atoms with Crippen LogP contribution in [0, 0.1) is 0 Å². The molecule has 8 heteroatoms. The molecule has 0 fully saturated rings. The van der Waals surface area contributed by atoms with Gasteiger partial charge in [0.2, 0.25) is 0 Å². The molecule has 0 aliphatic carbocycles. The van der Waals surface area contributed by atoms with Crippen molar-refractivity contribution < 1.29 is 14.3 Å². The van der Waals surface area contributed by atoms with Crippen molar-refractivity contribution >= 4 is 55.2 Å². The number of halogens is 1. The van der Waals surface area contributed by atoms with Gasteiger partial charge in [0.15, 0.2) is 16.3 Å². The minimum atomic E-state index is -0.264. The van der Waals surface area contributed by atoms with E-state index in [1.165, 1.54) is 11.3 Å². The van der Waals surface area contributed by atoms with Crippen LogP contribution in [0.2, 0.25) is 0 Å². The quantitative estimate of drug-likeness (QED) is 0.533. The van der Waals surface area contributed by atoms with Gasteiger partial charge in [-0.25, -0.2) is 0 Å². The molecule has 3 rings (SSSR count). The number of fused-ring (bicyclic) bond motifs is 1. The third-order valence-corrected chi connectivity index (χ3v) is 6.10. The van der Waals surface area contributed by atoms with Crippen LogP contribution in [0.3, 0.4) is 0 Å². The highest BCUT2D eigenvalue weighted by atomic mass is 79.9. The fourth-order valence-corrected chi connectivity index (χ4v) is 4.48. The summed E-state index contributed by atoms with van der Waals surface area (Å²) in [6.45, 7) is 0.751. The number of methoxy groups -OCH3 is 2. The Kier molecular flexibility index (Phi) is 6.62. The Morgan fingerprint density at radius 2 is 1.96 bits per heavy atom. The van der Waals surface area contributed by atoms with Crippen LogP contribution in [-0.4, -0.2) is 36.7 Å². The third kappa shape index (κ3) is 4.39. The average molecular weight is 467 g/mol. The Labute approximate surface area is 174 Å². The average Bonchev–Trinajstić information content (AvgIpc) is 3.00. The molecule has 0 bridgehead atoms. The van der Waals surface area contributed by atoms with Crippen LogP contribution in [0.15, 0.2) is 45.9 Å². The molecule has 142 valence electrons. The zero-order valence-corrected chi connectivity index (χ0v) is 18.4. The maximum absolute atomic E-state index is 12.7. The van der Waals surface area contributed by atoms with Gasteiger partial charge in [-0.2, -0.15) is 16.8 Å². The van der Waals surface area contributed by atoms with Crippen LogP contribution in [0.4, 0.5) is 0 Å². The number of hydrogen-bond donors (Lipinski definition) is 0. The second-order valence-electron chi connectivity index (χ2n) is 5.63. The summed E-state index contributed by atoms with van der Waals surface area (Å²) in [5, 5.41) is 0. The highest BCUT2D eigenvalue weighted by molar-refractivity contribution is 9.10. The van der Waals surface area contributed by atoms with Gasteiger partial charge >= 0.3 is 0 Å². The topological polar surface area (TPSA) is 52.8 Å². The molecular formula is C19H19BrN2O3S2. The van der Waals surface area contributed by atoms with E-state index in [-0.39, 0.29) is 5.91 Å². The van der Waals surface area contributed by atoms with E-state index in [9.17, 15) is 4.79 Å². The van der Waals surface area contributed by atoms with Crippen LogP contribution in [-0.2, 0) is 6.54 Å². The normalized spacial score (nSPS) is 11.8. The molecule has 0 unspecified atom stereocenters. The lowest BCUT2D eigenvalue weighted by atomic mass is 10.2. The molecule has 1 heterocycles. The van der Waals surface area contributed by atoms with E-state index in [2.05, 4.69) is 31.7 Å². The summed E-state index contributed by atoms with van der Waals surface area (Å²) in [6, 6.07) is 11.1. The second-order valence-corrected chi connectivity index (χ2v) is 8.54. The molecule has 0 aliphatic heterocycles. The Morgan fingerprint density at radius 1 is 1.22 bits per heavy atom. The molecule has 0 aliphatic rings. The SMILES string of the molecule is COc1cc2sc(=NC(=O)c3cccc(Br)c3)n(CCSC)c2cc1OC. The van der Waals surface area contributed by atoms with Crippen LogP contribution in [0.5, 0.6) is 11.5 Å². The standard InChI is InChI=1S/C19H19BrN2O3S2/c1-24-15-10-14-17(11-16(15)25-2)27-19(22(14)7-8-26-3)21-18(23)12-5-4-6-13(20)9-12/h4-6,9-11H,7-8H2,1-3H3. The van der Waals surface area contributed by atoms with E-state index in [4.69, 9.17) is 9.47 Å². The Balaban J connectivity index is 2.16. The van der Waals surface area contributed by atoms with Crippen molar-refractivity contribution in [1.29, 1.82) is 0 Å². The Bertz CT molecular complexity index is 1040. The predicted molar refractivity (Wildman–Crippen MR) is 115 cm³/mol. The van der Waals surface area contributed by atoms with Gasteiger partial charge in [0, 0.05) is 34.5 Å². The van der Waals surface area contributed by atoms with Gasteiger partial charge in [-0.05, 0) is 24.5 Å². The maximum atomic E-state index is 12.7. The van der Waals surface area contributed by atoms with Gasteiger partial charge in [-0.3, -0.25) is 4.79 Å². The van der Waals surface area contributed by atoms with Crippen molar-refractivity contribution in [3.63, 3.8) is 0 Å². The molecule has 5 nitrogen and oxygen atoms in total. The van der Waals surface area contributed by atoms with E-state index in [0.717, 1.165) is 27.0 Å². The molecule has 1 amide bonds. The summed E-state index contributed by atoms with van der Waals surface area (Å²) in [7, 11) is 3.23. The van der Waals surface area contributed by atoms with E-state index in [1.807, 2.05) is 24.3 Å². The maximum Gasteiger partial charge on any atom is 0.279 e. The molecule has 0 saturated heterocycles. The number of rotatable bonds is 6. The highest BCUT2D eigenvalue weighted by Gasteiger charge is 2.14. The van der Waals surface area contributed by atoms with E-state index < -0.39 is 0 Å². The molecule has 0 saturated carbocycles. The third-order valence-electron chi connectivity index (χ3n) is 3.98. The number of aryl methyl sites for hydroxylation is 1. The number of thiazole rings is 1. The fraction of sp³-hybridized carbons (Fsp3) is 0.263. The van der Waals surface area contributed by atoms with Crippen LogP contribution in [0.1, 0.15) is 10.4 Å². The van der Waals surface area contributed by atoms with Crippen molar-refractivity contribution in [2.75, 3.05) is 26.2 Å². The van der Waals surface area contributed by atoms with Crippen LogP contribution in [0.25, 0.3) is 10.2 Å². The van der Waals surface area contributed by atoms with Gasteiger partial charge in [-0.15, -0.1) is 0 Å². The van der Waals surface area contributed by atoms with Crippen molar-refractivity contribution in [3.8, 4) is 11.5 Å². The number of hydrogen-bond acceptors (Lipinski definition) is 5. The molecule has 3 aromatic rings. The minimum absolute atomic E-state index is 0.264. The van der Waals surface area contributed by atoms with Gasteiger partial charge < -0.3 is 14.0 Å².